The van der Waals surface area contributed by atoms with Gasteiger partial charge in [-0.2, -0.15) is 0 Å². The SMILES string of the molecule is CC(N)C1CCCCN1C(=O)c1cc([N+](=O)[O-])cnc1Cl. The second-order valence-electron chi connectivity index (χ2n) is 5.21. The molecule has 21 heavy (non-hydrogen) atoms. The number of carbonyl (C=O) groups is 1. The van der Waals surface area contributed by atoms with Gasteiger partial charge in [-0.1, -0.05) is 11.6 Å². The Hall–Kier alpha value is -1.73. The fourth-order valence-corrected chi connectivity index (χ4v) is 2.78. The van der Waals surface area contributed by atoms with Gasteiger partial charge in [0.05, 0.1) is 10.5 Å². The average molecular weight is 313 g/mol. The minimum atomic E-state index is -0.598. The molecule has 1 aliphatic heterocycles. The first-order chi connectivity index (χ1) is 9.91. The number of hydrogen-bond acceptors (Lipinski definition) is 5. The molecular formula is C13H17ClN4O3. The van der Waals surface area contributed by atoms with Crippen LogP contribution in [0.25, 0.3) is 0 Å². The first-order valence-corrected chi connectivity index (χ1v) is 7.16. The van der Waals surface area contributed by atoms with Gasteiger partial charge in [0, 0.05) is 24.7 Å². The van der Waals surface area contributed by atoms with Crippen molar-refractivity contribution in [3.05, 3.63) is 33.1 Å². The summed E-state index contributed by atoms with van der Waals surface area (Å²) in [4.78, 5) is 28.2. The van der Waals surface area contributed by atoms with Crippen LogP contribution in [0.1, 0.15) is 36.5 Å². The average Bonchev–Trinajstić information content (AvgIpc) is 2.46. The summed E-state index contributed by atoms with van der Waals surface area (Å²) in [7, 11) is 0. The van der Waals surface area contributed by atoms with Crippen LogP contribution in [0.15, 0.2) is 12.3 Å². The van der Waals surface area contributed by atoms with Gasteiger partial charge >= 0.3 is 0 Å². The van der Waals surface area contributed by atoms with Crippen LogP contribution >= 0.6 is 11.6 Å². The lowest BCUT2D eigenvalue weighted by Crippen LogP contribution is -2.51. The molecule has 7 nitrogen and oxygen atoms in total. The standard InChI is InChI=1S/C13H17ClN4O3/c1-8(15)11-4-2-3-5-17(11)13(19)10-6-9(18(20)21)7-16-12(10)14/h6-8,11H,2-5,15H2,1H3. The highest BCUT2D eigenvalue weighted by molar-refractivity contribution is 6.32. The number of hydrogen-bond donors (Lipinski definition) is 1. The van der Waals surface area contributed by atoms with E-state index < -0.39 is 4.92 Å². The lowest BCUT2D eigenvalue weighted by molar-refractivity contribution is -0.385. The molecule has 114 valence electrons. The molecule has 0 bridgehead atoms. The van der Waals surface area contributed by atoms with Gasteiger partial charge in [0.2, 0.25) is 0 Å². The van der Waals surface area contributed by atoms with Gasteiger partial charge < -0.3 is 10.6 Å². The summed E-state index contributed by atoms with van der Waals surface area (Å²) in [6, 6.07) is 0.922. The molecule has 1 fully saturated rings. The van der Waals surface area contributed by atoms with Crippen molar-refractivity contribution in [2.24, 2.45) is 5.73 Å². The van der Waals surface area contributed by atoms with Gasteiger partial charge in [-0.15, -0.1) is 0 Å². The molecule has 0 aliphatic carbocycles. The number of piperidine rings is 1. The molecule has 1 amide bonds. The zero-order valence-electron chi connectivity index (χ0n) is 11.7. The number of nitrogens with zero attached hydrogens (tertiary/aromatic N) is 3. The Morgan fingerprint density at radius 2 is 2.33 bits per heavy atom. The van der Waals surface area contributed by atoms with Crippen LogP contribution < -0.4 is 5.73 Å². The van der Waals surface area contributed by atoms with Crippen LogP contribution in [-0.4, -0.2) is 39.3 Å². The Morgan fingerprint density at radius 1 is 1.62 bits per heavy atom. The van der Waals surface area contributed by atoms with Crippen molar-refractivity contribution in [3.8, 4) is 0 Å². The van der Waals surface area contributed by atoms with Crippen LogP contribution in [0.5, 0.6) is 0 Å². The summed E-state index contributed by atoms with van der Waals surface area (Å²) in [6.07, 6.45) is 3.76. The number of nitrogens with two attached hydrogens (primary N) is 1. The third-order valence-electron chi connectivity index (χ3n) is 3.68. The smallest absolute Gasteiger partial charge is 0.288 e. The Bertz CT molecular complexity index is 564. The van der Waals surface area contributed by atoms with Gasteiger partial charge in [0.1, 0.15) is 11.3 Å². The van der Waals surface area contributed by atoms with E-state index >= 15 is 0 Å². The molecule has 2 atom stereocenters. The lowest BCUT2D eigenvalue weighted by Gasteiger charge is -2.38. The maximum atomic E-state index is 12.6. The number of rotatable bonds is 3. The van der Waals surface area contributed by atoms with Crippen molar-refractivity contribution >= 4 is 23.2 Å². The van der Waals surface area contributed by atoms with Gasteiger partial charge in [0.25, 0.3) is 11.6 Å². The van der Waals surface area contributed by atoms with E-state index in [1.807, 2.05) is 6.92 Å². The van der Waals surface area contributed by atoms with Crippen LogP contribution in [0.2, 0.25) is 5.15 Å². The maximum absolute atomic E-state index is 12.6. The fraction of sp³-hybridized carbons (Fsp3) is 0.538. The third-order valence-corrected chi connectivity index (χ3v) is 3.98. The van der Waals surface area contributed by atoms with E-state index in [9.17, 15) is 14.9 Å². The summed E-state index contributed by atoms with van der Waals surface area (Å²) in [5.74, 6) is -0.349. The fourth-order valence-electron chi connectivity index (χ4n) is 2.60. The topological polar surface area (TPSA) is 102 Å². The summed E-state index contributed by atoms with van der Waals surface area (Å²) in [6.45, 7) is 2.42. The van der Waals surface area contributed by atoms with Crippen molar-refractivity contribution in [2.45, 2.75) is 38.3 Å². The number of amides is 1. The molecule has 1 saturated heterocycles. The van der Waals surface area contributed by atoms with E-state index in [-0.39, 0.29) is 34.4 Å². The highest BCUT2D eigenvalue weighted by Crippen LogP contribution is 2.25. The normalized spacial score (nSPS) is 20.1. The first kappa shape index (κ1) is 15.7. The molecule has 0 aromatic carbocycles. The zero-order chi connectivity index (χ0) is 15.6. The van der Waals surface area contributed by atoms with Gasteiger partial charge in [-0.25, -0.2) is 4.98 Å². The van der Waals surface area contributed by atoms with E-state index in [1.165, 1.54) is 6.07 Å². The summed E-state index contributed by atoms with van der Waals surface area (Å²) >= 11 is 5.93. The molecule has 0 spiro atoms. The van der Waals surface area contributed by atoms with E-state index in [0.29, 0.717) is 6.54 Å². The highest BCUT2D eigenvalue weighted by atomic mass is 35.5. The Labute approximate surface area is 127 Å². The Morgan fingerprint density at radius 3 is 2.95 bits per heavy atom. The molecule has 0 radical (unpaired) electrons. The van der Waals surface area contributed by atoms with Gasteiger partial charge in [0.15, 0.2) is 0 Å². The number of likely N-dealkylation sites (tertiary alicyclic amines) is 1. The van der Waals surface area contributed by atoms with Crippen molar-refractivity contribution < 1.29 is 9.72 Å². The van der Waals surface area contributed by atoms with Crippen molar-refractivity contribution in [3.63, 3.8) is 0 Å². The van der Waals surface area contributed by atoms with Gasteiger partial charge in [-0.3, -0.25) is 14.9 Å². The van der Waals surface area contributed by atoms with Crippen LogP contribution in [0.4, 0.5) is 5.69 Å². The van der Waals surface area contributed by atoms with Crippen LogP contribution in [-0.2, 0) is 0 Å². The largest absolute Gasteiger partial charge is 0.334 e. The molecule has 1 aliphatic rings. The maximum Gasteiger partial charge on any atom is 0.288 e. The summed E-state index contributed by atoms with van der Waals surface area (Å²) in [5.41, 5.74) is 5.74. The molecule has 1 aromatic rings. The van der Waals surface area contributed by atoms with Crippen LogP contribution in [0, 0.1) is 10.1 Å². The van der Waals surface area contributed by atoms with E-state index in [0.717, 1.165) is 25.5 Å². The van der Waals surface area contributed by atoms with E-state index in [4.69, 9.17) is 17.3 Å². The predicted molar refractivity (Wildman–Crippen MR) is 78.2 cm³/mol. The Kier molecular flexibility index (Phi) is 4.74. The van der Waals surface area contributed by atoms with Crippen molar-refractivity contribution in [1.29, 1.82) is 0 Å². The molecular weight excluding hydrogens is 296 g/mol. The van der Waals surface area contributed by atoms with E-state index in [1.54, 1.807) is 4.90 Å². The number of pyridine rings is 1. The number of nitro groups is 1. The second-order valence-corrected chi connectivity index (χ2v) is 5.57. The van der Waals surface area contributed by atoms with Crippen LogP contribution in [0.3, 0.4) is 0 Å². The van der Waals surface area contributed by atoms with Crippen molar-refractivity contribution in [1.82, 2.24) is 9.88 Å². The predicted octanol–water partition coefficient (Wildman–Crippen LogP) is 1.99. The third kappa shape index (κ3) is 3.30. The minimum absolute atomic E-state index is 0.0282. The molecule has 0 saturated carbocycles. The molecule has 8 heteroatoms. The second kappa shape index (κ2) is 6.36. The first-order valence-electron chi connectivity index (χ1n) is 6.78. The van der Waals surface area contributed by atoms with Gasteiger partial charge in [-0.05, 0) is 26.2 Å². The zero-order valence-corrected chi connectivity index (χ0v) is 12.4. The molecule has 2 rings (SSSR count). The summed E-state index contributed by atoms with van der Waals surface area (Å²) < 4.78 is 0. The number of halogens is 1. The Balaban J connectivity index is 2.34. The molecule has 2 heterocycles. The van der Waals surface area contributed by atoms with Crippen molar-refractivity contribution in [2.75, 3.05) is 6.54 Å². The monoisotopic (exact) mass is 312 g/mol. The lowest BCUT2D eigenvalue weighted by atomic mass is 9.96. The van der Waals surface area contributed by atoms with E-state index in [2.05, 4.69) is 4.98 Å². The number of aromatic nitrogens is 1. The summed E-state index contributed by atoms with van der Waals surface area (Å²) in [5, 5.41) is 10.8. The molecule has 2 unspecified atom stereocenters. The quantitative estimate of drug-likeness (QED) is 0.522. The molecule has 1 aromatic heterocycles. The minimum Gasteiger partial charge on any atom is -0.334 e. The number of carbonyl (C=O) groups excluding carboxylic acids is 1. The molecule has 2 N–H and O–H groups in total. The highest BCUT2D eigenvalue weighted by Gasteiger charge is 2.31.